The Morgan fingerprint density at radius 2 is 1.73 bits per heavy atom. The Balaban J connectivity index is 1.48. The smallest absolute Gasteiger partial charge is 0.231 e. The van der Waals surface area contributed by atoms with Crippen molar-refractivity contribution in [1.29, 1.82) is 0 Å². The highest BCUT2D eigenvalue weighted by molar-refractivity contribution is 5.79. The average Bonchev–Trinajstić information content (AvgIpc) is 3.26. The molecule has 4 rings (SSSR count). The maximum atomic E-state index is 13.2. The van der Waals surface area contributed by atoms with Crippen LogP contribution in [0, 0.1) is 5.92 Å². The third-order valence-corrected chi connectivity index (χ3v) is 5.39. The molecule has 0 unspecified atom stereocenters. The summed E-state index contributed by atoms with van der Waals surface area (Å²) in [7, 11) is 0. The van der Waals surface area contributed by atoms with E-state index < -0.39 is 0 Å². The predicted octanol–water partition coefficient (Wildman–Crippen LogP) is 3.09. The van der Waals surface area contributed by atoms with E-state index in [0.29, 0.717) is 26.3 Å². The second-order valence-corrected chi connectivity index (χ2v) is 7.27. The molecular formula is C20H27NO5. The number of amides is 1. The molecule has 0 atom stereocenters. The molecule has 1 saturated carbocycles. The molecule has 0 N–H and O–H groups in total. The Hall–Kier alpha value is -1.79. The summed E-state index contributed by atoms with van der Waals surface area (Å²) < 4.78 is 22.0. The first kappa shape index (κ1) is 17.6. The van der Waals surface area contributed by atoms with Crippen molar-refractivity contribution in [3.63, 3.8) is 0 Å². The number of hydrogen-bond donors (Lipinski definition) is 0. The number of rotatable bonds is 5. The van der Waals surface area contributed by atoms with Crippen molar-refractivity contribution in [3.8, 4) is 11.5 Å². The van der Waals surface area contributed by atoms with Gasteiger partial charge in [-0.3, -0.25) is 4.79 Å². The normalized spacial score (nSPS) is 20.9. The van der Waals surface area contributed by atoms with Crippen molar-refractivity contribution < 1.29 is 23.7 Å². The first-order chi connectivity index (χ1) is 12.8. The van der Waals surface area contributed by atoms with E-state index in [1.165, 1.54) is 12.8 Å². The van der Waals surface area contributed by atoms with Crippen LogP contribution in [0.25, 0.3) is 0 Å². The van der Waals surface area contributed by atoms with E-state index in [1.54, 1.807) is 0 Å². The lowest BCUT2D eigenvalue weighted by Gasteiger charge is -2.29. The zero-order chi connectivity index (χ0) is 17.8. The first-order valence-electron chi connectivity index (χ1n) is 9.70. The molecule has 1 aromatic rings. The van der Waals surface area contributed by atoms with Crippen LogP contribution in [0.2, 0.25) is 0 Å². The SMILES string of the molecule is O=C(C1CCCCCC1)N(Cc1ccc2c(c1)OCO2)CC1OCCO1. The summed E-state index contributed by atoms with van der Waals surface area (Å²) in [5.74, 6) is 1.85. The maximum Gasteiger partial charge on any atom is 0.231 e. The van der Waals surface area contributed by atoms with Gasteiger partial charge in [-0.25, -0.2) is 0 Å². The highest BCUT2D eigenvalue weighted by atomic mass is 16.7. The lowest BCUT2D eigenvalue weighted by molar-refractivity contribution is -0.143. The molecule has 1 saturated heterocycles. The summed E-state index contributed by atoms with van der Waals surface area (Å²) in [6.07, 6.45) is 6.42. The van der Waals surface area contributed by atoms with E-state index in [1.807, 2.05) is 23.1 Å². The van der Waals surface area contributed by atoms with Gasteiger partial charge in [0.2, 0.25) is 12.7 Å². The maximum absolute atomic E-state index is 13.2. The Labute approximate surface area is 154 Å². The van der Waals surface area contributed by atoms with Crippen LogP contribution >= 0.6 is 0 Å². The molecule has 1 aliphatic carbocycles. The van der Waals surface area contributed by atoms with Crippen LogP contribution in [0.15, 0.2) is 18.2 Å². The van der Waals surface area contributed by atoms with Crippen LogP contribution in [0.3, 0.4) is 0 Å². The van der Waals surface area contributed by atoms with E-state index in [-0.39, 0.29) is 24.9 Å². The van der Waals surface area contributed by atoms with Gasteiger partial charge >= 0.3 is 0 Å². The molecule has 3 aliphatic rings. The van der Waals surface area contributed by atoms with Gasteiger partial charge in [0.05, 0.1) is 19.8 Å². The minimum absolute atomic E-state index is 0.118. The van der Waals surface area contributed by atoms with E-state index in [2.05, 4.69) is 0 Å². The van der Waals surface area contributed by atoms with Gasteiger partial charge in [0, 0.05) is 12.5 Å². The Morgan fingerprint density at radius 3 is 2.50 bits per heavy atom. The second-order valence-electron chi connectivity index (χ2n) is 7.27. The highest BCUT2D eigenvalue weighted by Gasteiger charge is 2.29. The average molecular weight is 361 g/mol. The Bertz CT molecular complexity index is 621. The third kappa shape index (κ3) is 4.13. The van der Waals surface area contributed by atoms with E-state index in [4.69, 9.17) is 18.9 Å². The number of fused-ring (bicyclic) bond motifs is 1. The van der Waals surface area contributed by atoms with E-state index in [0.717, 1.165) is 42.7 Å². The number of carbonyl (C=O) groups excluding carboxylic acids is 1. The van der Waals surface area contributed by atoms with Crippen LogP contribution in [0.5, 0.6) is 11.5 Å². The topological polar surface area (TPSA) is 57.2 Å². The predicted molar refractivity (Wildman–Crippen MR) is 94.9 cm³/mol. The van der Waals surface area contributed by atoms with Crippen molar-refractivity contribution >= 4 is 5.91 Å². The van der Waals surface area contributed by atoms with Crippen LogP contribution < -0.4 is 9.47 Å². The molecule has 2 fully saturated rings. The van der Waals surface area contributed by atoms with Crippen LogP contribution in [-0.4, -0.2) is 43.6 Å². The Kier molecular flexibility index (Phi) is 5.60. The molecule has 6 heteroatoms. The van der Waals surface area contributed by atoms with Gasteiger partial charge in [-0.1, -0.05) is 31.7 Å². The number of ether oxygens (including phenoxy) is 4. The molecule has 1 aromatic carbocycles. The van der Waals surface area contributed by atoms with Gasteiger partial charge in [-0.2, -0.15) is 0 Å². The fourth-order valence-electron chi connectivity index (χ4n) is 3.97. The van der Waals surface area contributed by atoms with E-state index in [9.17, 15) is 4.79 Å². The van der Waals surface area contributed by atoms with Crippen molar-refractivity contribution in [2.45, 2.75) is 51.4 Å². The summed E-state index contributed by atoms with van der Waals surface area (Å²) in [5, 5.41) is 0. The van der Waals surface area contributed by atoms with Crippen molar-refractivity contribution in [3.05, 3.63) is 23.8 Å². The summed E-state index contributed by atoms with van der Waals surface area (Å²) in [6, 6.07) is 5.87. The quantitative estimate of drug-likeness (QED) is 0.755. The van der Waals surface area contributed by atoms with Crippen LogP contribution in [0.1, 0.15) is 44.1 Å². The highest BCUT2D eigenvalue weighted by Crippen LogP contribution is 2.33. The van der Waals surface area contributed by atoms with Crippen molar-refractivity contribution in [1.82, 2.24) is 4.90 Å². The second kappa shape index (κ2) is 8.27. The summed E-state index contributed by atoms with van der Waals surface area (Å²) >= 11 is 0. The van der Waals surface area contributed by atoms with Gasteiger partial charge in [0.15, 0.2) is 17.8 Å². The van der Waals surface area contributed by atoms with Gasteiger partial charge in [-0.15, -0.1) is 0 Å². The summed E-state index contributed by atoms with van der Waals surface area (Å²) in [5.41, 5.74) is 1.04. The number of hydrogen-bond acceptors (Lipinski definition) is 5. The van der Waals surface area contributed by atoms with Crippen molar-refractivity contribution in [2.75, 3.05) is 26.6 Å². The molecule has 2 heterocycles. The minimum Gasteiger partial charge on any atom is -0.454 e. The van der Waals surface area contributed by atoms with Gasteiger partial charge in [0.25, 0.3) is 0 Å². The number of carbonyl (C=O) groups is 1. The van der Waals surface area contributed by atoms with Gasteiger partial charge in [-0.05, 0) is 30.5 Å². The fourth-order valence-corrected chi connectivity index (χ4v) is 3.97. The Morgan fingerprint density at radius 1 is 1.00 bits per heavy atom. The van der Waals surface area contributed by atoms with Crippen molar-refractivity contribution in [2.24, 2.45) is 5.92 Å². The summed E-state index contributed by atoms with van der Waals surface area (Å²) in [6.45, 7) is 2.46. The zero-order valence-electron chi connectivity index (χ0n) is 15.2. The molecular weight excluding hydrogens is 334 g/mol. The van der Waals surface area contributed by atoms with Gasteiger partial charge in [0.1, 0.15) is 0 Å². The summed E-state index contributed by atoms with van der Waals surface area (Å²) in [4.78, 5) is 15.1. The van der Waals surface area contributed by atoms with Crippen LogP contribution in [0.4, 0.5) is 0 Å². The molecule has 1 amide bonds. The lowest BCUT2D eigenvalue weighted by atomic mass is 9.98. The largest absolute Gasteiger partial charge is 0.454 e. The molecule has 26 heavy (non-hydrogen) atoms. The molecule has 0 aromatic heterocycles. The van der Waals surface area contributed by atoms with Gasteiger partial charge < -0.3 is 23.8 Å². The fraction of sp³-hybridized carbons (Fsp3) is 0.650. The number of nitrogens with zero attached hydrogens (tertiary/aromatic N) is 1. The van der Waals surface area contributed by atoms with Crippen LogP contribution in [-0.2, 0) is 20.8 Å². The minimum atomic E-state index is -0.321. The first-order valence-corrected chi connectivity index (χ1v) is 9.70. The third-order valence-electron chi connectivity index (χ3n) is 5.39. The molecule has 0 radical (unpaired) electrons. The number of benzene rings is 1. The molecule has 142 valence electrons. The molecule has 0 bridgehead atoms. The monoisotopic (exact) mass is 361 g/mol. The zero-order valence-corrected chi connectivity index (χ0v) is 15.2. The molecule has 0 spiro atoms. The lowest BCUT2D eigenvalue weighted by Crippen LogP contribution is -2.41. The van der Waals surface area contributed by atoms with E-state index >= 15 is 0 Å². The standard InChI is InChI=1S/C20H27NO5/c22-20(16-5-3-1-2-4-6-16)21(13-19-23-9-10-24-19)12-15-7-8-17-18(11-15)26-14-25-17/h7-8,11,16,19H,1-6,9-10,12-14H2. The molecule has 6 nitrogen and oxygen atoms in total. The molecule has 2 aliphatic heterocycles.